The van der Waals surface area contributed by atoms with Crippen LogP contribution in [0.25, 0.3) is 6.08 Å². The van der Waals surface area contributed by atoms with Crippen molar-refractivity contribution in [3.63, 3.8) is 0 Å². The number of carbonyl (C=O) groups excluding carboxylic acids is 2. The van der Waals surface area contributed by atoms with Crippen LogP contribution in [0, 0.1) is 13.8 Å². The molecule has 2 rings (SSSR count). The van der Waals surface area contributed by atoms with Crippen LogP contribution in [0.1, 0.15) is 27.0 Å². The molecular weight excluding hydrogens is 290 g/mol. The molecule has 0 aliphatic rings. The van der Waals surface area contributed by atoms with E-state index in [1.54, 1.807) is 30.3 Å². The Balaban J connectivity index is 2.02. The molecule has 0 saturated carbocycles. The van der Waals surface area contributed by atoms with Gasteiger partial charge in [0.2, 0.25) is 5.91 Å². The van der Waals surface area contributed by atoms with E-state index in [-0.39, 0.29) is 11.9 Å². The third-order valence-corrected chi connectivity index (χ3v) is 3.40. The van der Waals surface area contributed by atoms with Crippen molar-refractivity contribution in [3.8, 4) is 0 Å². The number of ether oxygens (including phenoxy) is 1. The van der Waals surface area contributed by atoms with Crippen molar-refractivity contribution in [2.45, 2.75) is 13.8 Å². The molecule has 0 spiro atoms. The van der Waals surface area contributed by atoms with E-state index in [0.29, 0.717) is 5.56 Å². The molecule has 4 nitrogen and oxygen atoms in total. The maximum absolute atomic E-state index is 12.0. The van der Waals surface area contributed by atoms with Crippen molar-refractivity contribution in [3.05, 3.63) is 70.8 Å². The van der Waals surface area contributed by atoms with Gasteiger partial charge in [0, 0.05) is 11.8 Å². The van der Waals surface area contributed by atoms with Crippen molar-refractivity contribution in [1.82, 2.24) is 0 Å². The highest BCUT2D eigenvalue weighted by Gasteiger charge is 2.04. The molecule has 0 atom stereocenters. The van der Waals surface area contributed by atoms with Crippen LogP contribution >= 0.6 is 0 Å². The maximum Gasteiger partial charge on any atom is 0.337 e. The maximum atomic E-state index is 12.0. The first-order valence-corrected chi connectivity index (χ1v) is 7.24. The highest BCUT2D eigenvalue weighted by molar-refractivity contribution is 6.02. The van der Waals surface area contributed by atoms with Gasteiger partial charge in [-0.05, 0) is 49.2 Å². The first-order valence-electron chi connectivity index (χ1n) is 7.24. The van der Waals surface area contributed by atoms with E-state index in [4.69, 9.17) is 0 Å². The first-order chi connectivity index (χ1) is 11.0. The number of amides is 1. The van der Waals surface area contributed by atoms with Gasteiger partial charge in [-0.2, -0.15) is 0 Å². The minimum Gasteiger partial charge on any atom is -0.465 e. The van der Waals surface area contributed by atoms with Crippen LogP contribution in [-0.4, -0.2) is 19.0 Å². The van der Waals surface area contributed by atoms with E-state index in [1.807, 2.05) is 32.0 Å². The quantitative estimate of drug-likeness (QED) is 0.691. The zero-order valence-electron chi connectivity index (χ0n) is 13.4. The Kier molecular flexibility index (Phi) is 5.31. The van der Waals surface area contributed by atoms with Crippen molar-refractivity contribution >= 4 is 23.6 Å². The molecule has 0 unspecified atom stereocenters. The monoisotopic (exact) mass is 309 g/mol. The second-order valence-electron chi connectivity index (χ2n) is 5.25. The fourth-order valence-corrected chi connectivity index (χ4v) is 2.15. The van der Waals surface area contributed by atoms with Crippen LogP contribution in [0.2, 0.25) is 0 Å². The molecule has 0 radical (unpaired) electrons. The predicted octanol–water partition coefficient (Wildman–Crippen LogP) is 3.74. The SMILES string of the molecule is COC(=O)c1ccc(/C=C/C(=O)Nc2ccc(C)cc2C)cc1. The van der Waals surface area contributed by atoms with Crippen LogP contribution in [0.3, 0.4) is 0 Å². The molecule has 0 aliphatic carbocycles. The summed E-state index contributed by atoms with van der Waals surface area (Å²) in [5.41, 5.74) is 4.28. The van der Waals surface area contributed by atoms with Gasteiger partial charge in [-0.1, -0.05) is 29.8 Å². The minimum absolute atomic E-state index is 0.200. The molecule has 4 heteroatoms. The Morgan fingerprint density at radius 3 is 2.35 bits per heavy atom. The molecule has 1 N–H and O–H groups in total. The van der Waals surface area contributed by atoms with E-state index in [0.717, 1.165) is 22.4 Å². The van der Waals surface area contributed by atoms with Crippen LogP contribution in [0.15, 0.2) is 48.5 Å². The van der Waals surface area contributed by atoms with Crippen molar-refractivity contribution < 1.29 is 14.3 Å². The number of nitrogens with one attached hydrogen (secondary N) is 1. The summed E-state index contributed by atoms with van der Waals surface area (Å²) in [5, 5.41) is 2.85. The number of esters is 1. The summed E-state index contributed by atoms with van der Waals surface area (Å²) < 4.78 is 4.64. The number of carbonyl (C=O) groups is 2. The van der Waals surface area contributed by atoms with Gasteiger partial charge in [0.25, 0.3) is 0 Å². The largest absolute Gasteiger partial charge is 0.465 e. The number of anilines is 1. The predicted molar refractivity (Wildman–Crippen MR) is 91.4 cm³/mol. The van der Waals surface area contributed by atoms with Crippen molar-refractivity contribution in [2.24, 2.45) is 0 Å². The van der Waals surface area contributed by atoms with Gasteiger partial charge in [-0.15, -0.1) is 0 Å². The lowest BCUT2D eigenvalue weighted by molar-refractivity contribution is -0.111. The van der Waals surface area contributed by atoms with Gasteiger partial charge in [0.05, 0.1) is 12.7 Å². The third-order valence-electron chi connectivity index (χ3n) is 3.40. The van der Waals surface area contributed by atoms with Gasteiger partial charge in [0.1, 0.15) is 0 Å². The summed E-state index contributed by atoms with van der Waals surface area (Å²) in [5.74, 6) is -0.581. The summed E-state index contributed by atoms with van der Waals surface area (Å²) >= 11 is 0. The summed E-state index contributed by atoms with van der Waals surface area (Å²) in [6.07, 6.45) is 3.16. The molecule has 23 heavy (non-hydrogen) atoms. The van der Waals surface area contributed by atoms with Gasteiger partial charge in [-0.25, -0.2) is 4.79 Å². The molecule has 1 amide bonds. The fraction of sp³-hybridized carbons (Fsp3) is 0.158. The second kappa shape index (κ2) is 7.40. The van der Waals surface area contributed by atoms with Crippen molar-refractivity contribution in [2.75, 3.05) is 12.4 Å². The van der Waals surface area contributed by atoms with E-state index in [2.05, 4.69) is 10.1 Å². The van der Waals surface area contributed by atoms with E-state index < -0.39 is 0 Å². The highest BCUT2D eigenvalue weighted by atomic mass is 16.5. The molecule has 0 heterocycles. The lowest BCUT2D eigenvalue weighted by Crippen LogP contribution is -2.08. The smallest absolute Gasteiger partial charge is 0.337 e. The topological polar surface area (TPSA) is 55.4 Å². The summed E-state index contributed by atoms with van der Waals surface area (Å²) in [7, 11) is 1.34. The van der Waals surface area contributed by atoms with Gasteiger partial charge in [0.15, 0.2) is 0 Å². The standard InChI is InChI=1S/C19H19NO3/c1-13-4-10-17(14(2)12-13)20-18(21)11-7-15-5-8-16(9-6-15)19(22)23-3/h4-12H,1-3H3,(H,20,21)/b11-7+. The van der Waals surface area contributed by atoms with Crippen LogP contribution in [0.5, 0.6) is 0 Å². The number of hydrogen-bond acceptors (Lipinski definition) is 3. The van der Waals surface area contributed by atoms with E-state index in [1.165, 1.54) is 13.2 Å². The zero-order valence-corrected chi connectivity index (χ0v) is 13.4. The van der Waals surface area contributed by atoms with Gasteiger partial charge >= 0.3 is 5.97 Å². The summed E-state index contributed by atoms with van der Waals surface area (Å²) in [4.78, 5) is 23.3. The molecule has 2 aromatic carbocycles. The number of rotatable bonds is 4. The second-order valence-corrected chi connectivity index (χ2v) is 5.25. The number of hydrogen-bond donors (Lipinski definition) is 1. The van der Waals surface area contributed by atoms with E-state index in [9.17, 15) is 9.59 Å². The number of methoxy groups -OCH3 is 1. The molecule has 0 bridgehead atoms. The summed E-state index contributed by atoms with van der Waals surface area (Å²) in [6.45, 7) is 3.97. The average Bonchev–Trinajstić information content (AvgIpc) is 2.55. The lowest BCUT2D eigenvalue weighted by atomic mass is 10.1. The Morgan fingerprint density at radius 1 is 1.04 bits per heavy atom. The lowest BCUT2D eigenvalue weighted by Gasteiger charge is -2.07. The molecule has 0 aromatic heterocycles. The first kappa shape index (κ1) is 16.5. The molecular formula is C19H19NO3. The number of aryl methyl sites for hydroxylation is 2. The van der Waals surface area contributed by atoms with Crippen molar-refractivity contribution in [1.29, 1.82) is 0 Å². The van der Waals surface area contributed by atoms with E-state index >= 15 is 0 Å². The van der Waals surface area contributed by atoms with Crippen LogP contribution < -0.4 is 5.32 Å². The third kappa shape index (κ3) is 4.54. The van der Waals surface area contributed by atoms with Crippen LogP contribution in [-0.2, 0) is 9.53 Å². The van der Waals surface area contributed by atoms with Gasteiger partial charge < -0.3 is 10.1 Å². The molecule has 2 aromatic rings. The van der Waals surface area contributed by atoms with Crippen LogP contribution in [0.4, 0.5) is 5.69 Å². The zero-order chi connectivity index (χ0) is 16.8. The Morgan fingerprint density at radius 2 is 1.74 bits per heavy atom. The van der Waals surface area contributed by atoms with Gasteiger partial charge in [-0.3, -0.25) is 4.79 Å². The Labute approximate surface area is 135 Å². The normalized spacial score (nSPS) is 10.6. The Bertz CT molecular complexity index is 746. The number of benzene rings is 2. The molecule has 0 fully saturated rings. The minimum atomic E-state index is -0.381. The molecule has 0 saturated heterocycles. The Hall–Kier alpha value is -2.88. The average molecular weight is 309 g/mol. The molecule has 0 aliphatic heterocycles. The highest BCUT2D eigenvalue weighted by Crippen LogP contribution is 2.16. The summed E-state index contributed by atoms with van der Waals surface area (Å²) in [6, 6.07) is 12.7. The molecule has 118 valence electrons. The fourth-order valence-electron chi connectivity index (χ4n) is 2.15.